The summed E-state index contributed by atoms with van der Waals surface area (Å²) in [4.78, 5) is 12.4. The second-order valence-electron chi connectivity index (χ2n) is 6.96. The number of ether oxygens (including phenoxy) is 1. The minimum absolute atomic E-state index is 0.0479. The molecule has 19 heavy (non-hydrogen) atoms. The van der Waals surface area contributed by atoms with Gasteiger partial charge in [0.05, 0.1) is 5.54 Å². The predicted octanol–water partition coefficient (Wildman–Crippen LogP) is 1.83. The van der Waals surface area contributed by atoms with Crippen molar-refractivity contribution in [3.8, 4) is 0 Å². The van der Waals surface area contributed by atoms with Gasteiger partial charge in [-0.3, -0.25) is 4.79 Å². The Balaban J connectivity index is 1.86. The summed E-state index contributed by atoms with van der Waals surface area (Å²) in [6, 6.07) is 0. The van der Waals surface area contributed by atoms with Crippen LogP contribution in [0.15, 0.2) is 0 Å². The van der Waals surface area contributed by atoms with Gasteiger partial charge in [-0.1, -0.05) is 26.7 Å². The maximum atomic E-state index is 12.4. The molecule has 1 saturated heterocycles. The predicted molar refractivity (Wildman–Crippen MR) is 75.7 cm³/mol. The van der Waals surface area contributed by atoms with E-state index in [1.807, 2.05) is 0 Å². The highest BCUT2D eigenvalue weighted by atomic mass is 16.5. The van der Waals surface area contributed by atoms with E-state index in [4.69, 9.17) is 10.5 Å². The molecule has 3 N–H and O–H groups in total. The van der Waals surface area contributed by atoms with E-state index < -0.39 is 5.54 Å². The number of nitrogens with one attached hydrogen (secondary N) is 1. The molecule has 2 unspecified atom stereocenters. The lowest BCUT2D eigenvalue weighted by Crippen LogP contribution is -2.57. The Hall–Kier alpha value is -0.610. The number of nitrogens with two attached hydrogens (primary N) is 1. The molecular weight excluding hydrogens is 240 g/mol. The van der Waals surface area contributed by atoms with Gasteiger partial charge in [-0.25, -0.2) is 0 Å². The lowest BCUT2D eigenvalue weighted by atomic mass is 9.76. The van der Waals surface area contributed by atoms with Gasteiger partial charge in [0.1, 0.15) is 0 Å². The third-order valence-corrected chi connectivity index (χ3v) is 4.86. The standard InChI is InChI=1S/C15H28N2O2/c1-12-4-3-5-15(16,10-12)13(18)17-11-14(2)6-8-19-9-7-14/h12H,3-11,16H2,1-2H3,(H,17,18). The molecule has 0 aromatic heterocycles. The van der Waals surface area contributed by atoms with E-state index in [0.29, 0.717) is 5.92 Å². The van der Waals surface area contributed by atoms with Crippen molar-refractivity contribution in [3.05, 3.63) is 0 Å². The van der Waals surface area contributed by atoms with Crippen molar-refractivity contribution in [1.82, 2.24) is 5.32 Å². The van der Waals surface area contributed by atoms with Gasteiger partial charge in [0, 0.05) is 19.8 Å². The average Bonchev–Trinajstić information content (AvgIpc) is 2.36. The van der Waals surface area contributed by atoms with E-state index in [1.165, 1.54) is 6.42 Å². The molecule has 2 fully saturated rings. The maximum absolute atomic E-state index is 12.4. The van der Waals surface area contributed by atoms with Crippen LogP contribution in [0.25, 0.3) is 0 Å². The van der Waals surface area contributed by atoms with Gasteiger partial charge < -0.3 is 15.8 Å². The number of hydrogen-bond donors (Lipinski definition) is 2. The fourth-order valence-corrected chi connectivity index (χ4v) is 3.31. The van der Waals surface area contributed by atoms with Crippen LogP contribution in [0.4, 0.5) is 0 Å². The zero-order chi connectivity index (χ0) is 13.9. The van der Waals surface area contributed by atoms with Crippen LogP contribution in [0.5, 0.6) is 0 Å². The van der Waals surface area contributed by atoms with Crippen LogP contribution in [-0.2, 0) is 9.53 Å². The first-order valence-corrected chi connectivity index (χ1v) is 7.59. The number of rotatable bonds is 3. The van der Waals surface area contributed by atoms with E-state index >= 15 is 0 Å². The van der Waals surface area contributed by atoms with E-state index in [2.05, 4.69) is 19.2 Å². The minimum Gasteiger partial charge on any atom is -0.381 e. The largest absolute Gasteiger partial charge is 0.381 e. The maximum Gasteiger partial charge on any atom is 0.240 e. The van der Waals surface area contributed by atoms with Crippen LogP contribution in [0.1, 0.15) is 52.4 Å². The van der Waals surface area contributed by atoms with Crippen LogP contribution in [-0.4, -0.2) is 31.2 Å². The van der Waals surface area contributed by atoms with E-state index in [1.54, 1.807) is 0 Å². The summed E-state index contributed by atoms with van der Waals surface area (Å²) in [6.07, 6.45) is 5.93. The van der Waals surface area contributed by atoms with Crippen LogP contribution in [0.3, 0.4) is 0 Å². The molecule has 0 radical (unpaired) electrons. The van der Waals surface area contributed by atoms with Gasteiger partial charge in [-0.2, -0.15) is 0 Å². The SMILES string of the molecule is CC1CCCC(N)(C(=O)NCC2(C)CCOCC2)C1. The third kappa shape index (κ3) is 3.69. The number of carbonyl (C=O) groups excluding carboxylic acids is 1. The smallest absolute Gasteiger partial charge is 0.240 e. The van der Waals surface area contributed by atoms with Crippen LogP contribution in [0.2, 0.25) is 0 Å². The molecule has 110 valence electrons. The molecule has 0 spiro atoms. The van der Waals surface area contributed by atoms with Crippen LogP contribution < -0.4 is 11.1 Å². The minimum atomic E-state index is -0.640. The van der Waals surface area contributed by atoms with Crippen molar-refractivity contribution in [2.75, 3.05) is 19.8 Å². The molecular formula is C15H28N2O2. The Bertz CT molecular complexity index is 326. The summed E-state index contributed by atoms with van der Waals surface area (Å²) in [5.41, 5.74) is 5.85. The first-order chi connectivity index (χ1) is 8.94. The molecule has 4 nitrogen and oxygen atoms in total. The Morgan fingerprint density at radius 1 is 1.37 bits per heavy atom. The normalized spacial score (nSPS) is 34.8. The molecule has 1 saturated carbocycles. The van der Waals surface area contributed by atoms with Crippen molar-refractivity contribution in [2.24, 2.45) is 17.1 Å². The number of amides is 1. The van der Waals surface area contributed by atoms with Crippen molar-refractivity contribution < 1.29 is 9.53 Å². The molecule has 2 rings (SSSR count). The highest BCUT2D eigenvalue weighted by molar-refractivity contribution is 5.86. The summed E-state index contributed by atoms with van der Waals surface area (Å²) in [5.74, 6) is 0.606. The highest BCUT2D eigenvalue weighted by Crippen LogP contribution is 2.32. The lowest BCUT2D eigenvalue weighted by Gasteiger charge is -2.38. The molecule has 1 aliphatic carbocycles. The quantitative estimate of drug-likeness (QED) is 0.820. The van der Waals surface area contributed by atoms with Gasteiger partial charge in [-0.15, -0.1) is 0 Å². The monoisotopic (exact) mass is 268 g/mol. The summed E-state index contributed by atoms with van der Waals surface area (Å²) in [6.45, 7) is 6.74. The number of carbonyl (C=O) groups is 1. The first-order valence-electron chi connectivity index (χ1n) is 7.59. The van der Waals surface area contributed by atoms with E-state index in [0.717, 1.165) is 51.9 Å². The first kappa shape index (κ1) is 14.8. The van der Waals surface area contributed by atoms with Crippen molar-refractivity contribution in [1.29, 1.82) is 0 Å². The molecule has 1 aliphatic heterocycles. The number of hydrogen-bond acceptors (Lipinski definition) is 3. The molecule has 1 heterocycles. The molecule has 0 aromatic rings. The molecule has 1 amide bonds. The average molecular weight is 268 g/mol. The van der Waals surface area contributed by atoms with Crippen LogP contribution >= 0.6 is 0 Å². The van der Waals surface area contributed by atoms with E-state index in [-0.39, 0.29) is 11.3 Å². The topological polar surface area (TPSA) is 64.4 Å². The summed E-state index contributed by atoms with van der Waals surface area (Å²) in [5, 5.41) is 3.10. The highest BCUT2D eigenvalue weighted by Gasteiger charge is 2.39. The van der Waals surface area contributed by atoms with Gasteiger partial charge >= 0.3 is 0 Å². The lowest BCUT2D eigenvalue weighted by molar-refractivity contribution is -0.129. The van der Waals surface area contributed by atoms with Gasteiger partial charge in [0.15, 0.2) is 0 Å². The fourth-order valence-electron chi connectivity index (χ4n) is 3.31. The van der Waals surface area contributed by atoms with Crippen molar-refractivity contribution in [3.63, 3.8) is 0 Å². The molecule has 0 aromatic carbocycles. The zero-order valence-corrected chi connectivity index (χ0v) is 12.3. The molecule has 0 bridgehead atoms. The Labute approximate surface area is 116 Å². The zero-order valence-electron chi connectivity index (χ0n) is 12.3. The second kappa shape index (κ2) is 5.80. The third-order valence-electron chi connectivity index (χ3n) is 4.86. The summed E-state index contributed by atoms with van der Waals surface area (Å²) in [7, 11) is 0. The van der Waals surface area contributed by atoms with E-state index in [9.17, 15) is 4.79 Å². The fraction of sp³-hybridized carbons (Fsp3) is 0.933. The van der Waals surface area contributed by atoms with Crippen molar-refractivity contribution in [2.45, 2.75) is 57.9 Å². The van der Waals surface area contributed by atoms with Gasteiger partial charge in [0.2, 0.25) is 5.91 Å². The van der Waals surface area contributed by atoms with Crippen molar-refractivity contribution >= 4 is 5.91 Å². The van der Waals surface area contributed by atoms with Crippen LogP contribution in [0, 0.1) is 11.3 Å². The molecule has 4 heteroatoms. The Morgan fingerprint density at radius 2 is 2.05 bits per heavy atom. The Kier molecular flexibility index (Phi) is 4.51. The molecule has 2 atom stereocenters. The molecule has 2 aliphatic rings. The van der Waals surface area contributed by atoms with Gasteiger partial charge in [0.25, 0.3) is 0 Å². The Morgan fingerprint density at radius 3 is 2.68 bits per heavy atom. The van der Waals surface area contributed by atoms with Gasteiger partial charge in [-0.05, 0) is 37.0 Å². The summed E-state index contributed by atoms with van der Waals surface area (Å²) < 4.78 is 5.38. The second-order valence-corrected chi connectivity index (χ2v) is 6.96. The summed E-state index contributed by atoms with van der Waals surface area (Å²) >= 11 is 0.